The van der Waals surface area contributed by atoms with Crippen LogP contribution in [0, 0.1) is 11.3 Å². The smallest absolute Gasteiger partial charge is 0.162 e. The summed E-state index contributed by atoms with van der Waals surface area (Å²) in [5.74, 6) is 0.847. The topological polar surface area (TPSA) is 55.1 Å². The molecule has 120 valence electrons. The van der Waals surface area contributed by atoms with Crippen molar-refractivity contribution in [1.29, 1.82) is 5.26 Å². The number of hydrogen-bond donors (Lipinski definition) is 0. The number of benzene rings is 2. The van der Waals surface area contributed by atoms with E-state index in [0.717, 1.165) is 26.5 Å². The summed E-state index contributed by atoms with van der Waals surface area (Å²) in [4.78, 5) is 4.40. The van der Waals surface area contributed by atoms with Gasteiger partial charge in [0.1, 0.15) is 0 Å². The molecule has 3 rings (SSSR count). The van der Waals surface area contributed by atoms with Crippen LogP contribution in [-0.4, -0.2) is 19.2 Å². The van der Waals surface area contributed by atoms with Gasteiger partial charge >= 0.3 is 0 Å². The van der Waals surface area contributed by atoms with Gasteiger partial charge in [0.25, 0.3) is 0 Å². The van der Waals surface area contributed by atoms with Crippen LogP contribution >= 0.6 is 15.9 Å². The monoisotopic (exact) mass is 382 g/mol. The van der Waals surface area contributed by atoms with Crippen LogP contribution in [0.4, 0.5) is 0 Å². The highest BCUT2D eigenvalue weighted by Crippen LogP contribution is 2.36. The normalized spacial score (nSPS) is 11.8. The lowest BCUT2D eigenvalue weighted by Gasteiger charge is -2.15. The number of fused-ring (bicyclic) bond motifs is 1. The fourth-order valence-electron chi connectivity index (χ4n) is 2.72. The van der Waals surface area contributed by atoms with Gasteiger partial charge in [-0.1, -0.05) is 28.1 Å². The molecule has 0 radical (unpaired) electrons. The van der Waals surface area contributed by atoms with Crippen LogP contribution in [0.25, 0.3) is 10.9 Å². The molecule has 0 spiro atoms. The summed E-state index contributed by atoms with van der Waals surface area (Å²) in [5, 5.41) is 10.6. The molecule has 0 aliphatic heterocycles. The maximum absolute atomic E-state index is 9.75. The van der Waals surface area contributed by atoms with Crippen molar-refractivity contribution in [2.75, 3.05) is 14.2 Å². The van der Waals surface area contributed by atoms with E-state index in [4.69, 9.17) is 9.47 Å². The van der Waals surface area contributed by atoms with Crippen LogP contribution in [0.15, 0.2) is 53.1 Å². The van der Waals surface area contributed by atoms with E-state index >= 15 is 0 Å². The molecule has 5 heteroatoms. The number of halogens is 1. The Hall–Kier alpha value is -2.58. The summed E-state index contributed by atoms with van der Waals surface area (Å²) < 4.78 is 11.7. The van der Waals surface area contributed by atoms with Gasteiger partial charge in [-0.2, -0.15) is 5.26 Å². The first-order chi connectivity index (χ1) is 11.7. The van der Waals surface area contributed by atoms with Crippen LogP contribution in [-0.2, 0) is 0 Å². The van der Waals surface area contributed by atoms with Crippen LogP contribution < -0.4 is 9.47 Å². The van der Waals surface area contributed by atoms with Crippen molar-refractivity contribution in [2.45, 2.75) is 5.92 Å². The average molecular weight is 383 g/mol. The Labute approximate surface area is 148 Å². The Morgan fingerprint density at radius 1 is 1.04 bits per heavy atom. The van der Waals surface area contributed by atoms with Crippen molar-refractivity contribution < 1.29 is 9.47 Å². The molecule has 1 heterocycles. The Kier molecular flexibility index (Phi) is 4.68. The molecule has 0 N–H and O–H groups in total. The van der Waals surface area contributed by atoms with E-state index in [1.54, 1.807) is 20.4 Å². The van der Waals surface area contributed by atoms with E-state index in [2.05, 4.69) is 27.0 Å². The SMILES string of the molecule is COc1cc2nccc(C(C#N)c3ccc(Br)cc3)c2cc1OC. The summed E-state index contributed by atoms with van der Waals surface area (Å²) in [5.41, 5.74) is 2.59. The van der Waals surface area contributed by atoms with Gasteiger partial charge < -0.3 is 9.47 Å². The predicted molar refractivity (Wildman–Crippen MR) is 96.4 cm³/mol. The van der Waals surface area contributed by atoms with Crippen molar-refractivity contribution >= 4 is 26.8 Å². The number of hydrogen-bond acceptors (Lipinski definition) is 4. The van der Waals surface area contributed by atoms with Gasteiger partial charge in [0.2, 0.25) is 0 Å². The first-order valence-corrected chi connectivity index (χ1v) is 8.13. The molecule has 0 saturated heterocycles. The summed E-state index contributed by atoms with van der Waals surface area (Å²) in [7, 11) is 3.18. The molecule has 3 aromatic rings. The van der Waals surface area contributed by atoms with Gasteiger partial charge in [-0.15, -0.1) is 0 Å². The highest BCUT2D eigenvalue weighted by molar-refractivity contribution is 9.10. The van der Waals surface area contributed by atoms with E-state index in [1.807, 2.05) is 42.5 Å². The zero-order chi connectivity index (χ0) is 17.1. The Bertz CT molecular complexity index is 917. The van der Waals surface area contributed by atoms with Crippen molar-refractivity contribution in [2.24, 2.45) is 0 Å². The van der Waals surface area contributed by atoms with Crippen molar-refractivity contribution in [3.8, 4) is 17.6 Å². The van der Waals surface area contributed by atoms with E-state index in [9.17, 15) is 5.26 Å². The minimum atomic E-state index is -0.387. The largest absolute Gasteiger partial charge is 0.493 e. The lowest BCUT2D eigenvalue weighted by molar-refractivity contribution is 0.356. The molecule has 1 unspecified atom stereocenters. The van der Waals surface area contributed by atoms with Gasteiger partial charge in [0.05, 0.1) is 31.7 Å². The third kappa shape index (κ3) is 2.93. The molecule has 4 nitrogen and oxygen atoms in total. The minimum absolute atomic E-state index is 0.387. The molecule has 1 atom stereocenters. The van der Waals surface area contributed by atoms with Crippen LogP contribution in [0.2, 0.25) is 0 Å². The molecule has 2 aromatic carbocycles. The molecule has 0 aliphatic carbocycles. The molecule has 0 amide bonds. The Morgan fingerprint density at radius 3 is 2.33 bits per heavy atom. The minimum Gasteiger partial charge on any atom is -0.493 e. The molecule has 1 aromatic heterocycles. The standard InChI is InChI=1S/C19H15BrN2O2/c1-23-18-9-15-14(7-8-22-17(15)10-19(18)24-2)16(11-21)12-3-5-13(20)6-4-12/h3-10,16H,1-2H3. The van der Waals surface area contributed by atoms with Gasteiger partial charge in [-0.25, -0.2) is 0 Å². The number of pyridine rings is 1. The number of nitrogens with zero attached hydrogens (tertiary/aromatic N) is 2. The zero-order valence-corrected chi connectivity index (χ0v) is 14.9. The molecule has 24 heavy (non-hydrogen) atoms. The lowest BCUT2D eigenvalue weighted by atomic mass is 9.90. The number of ether oxygens (including phenoxy) is 2. The van der Waals surface area contributed by atoms with Crippen molar-refractivity contribution in [3.05, 3.63) is 64.3 Å². The molecule has 0 fully saturated rings. The van der Waals surface area contributed by atoms with Gasteiger partial charge in [-0.3, -0.25) is 4.98 Å². The number of rotatable bonds is 4. The van der Waals surface area contributed by atoms with Crippen LogP contribution in [0.5, 0.6) is 11.5 Å². The van der Waals surface area contributed by atoms with Gasteiger partial charge in [0.15, 0.2) is 11.5 Å². The molecule has 0 saturated carbocycles. The predicted octanol–water partition coefficient (Wildman–Crippen LogP) is 4.67. The molecule has 0 bridgehead atoms. The highest BCUT2D eigenvalue weighted by atomic mass is 79.9. The summed E-state index contributed by atoms with van der Waals surface area (Å²) >= 11 is 3.42. The second kappa shape index (κ2) is 6.90. The number of aromatic nitrogens is 1. The Balaban J connectivity index is 2.21. The maximum Gasteiger partial charge on any atom is 0.162 e. The zero-order valence-electron chi connectivity index (χ0n) is 13.3. The molecular weight excluding hydrogens is 368 g/mol. The van der Waals surface area contributed by atoms with Crippen molar-refractivity contribution in [3.63, 3.8) is 0 Å². The van der Waals surface area contributed by atoms with E-state index in [-0.39, 0.29) is 5.92 Å². The first kappa shape index (κ1) is 16.3. The fourth-order valence-corrected chi connectivity index (χ4v) is 2.99. The number of nitriles is 1. The lowest BCUT2D eigenvalue weighted by Crippen LogP contribution is -2.01. The average Bonchev–Trinajstić information content (AvgIpc) is 2.62. The number of methoxy groups -OCH3 is 2. The van der Waals surface area contributed by atoms with Crippen LogP contribution in [0.3, 0.4) is 0 Å². The summed E-state index contributed by atoms with van der Waals surface area (Å²) in [6.45, 7) is 0. The summed E-state index contributed by atoms with van der Waals surface area (Å²) in [6, 6.07) is 15.8. The Morgan fingerprint density at radius 2 is 1.71 bits per heavy atom. The van der Waals surface area contributed by atoms with E-state index in [1.165, 1.54) is 0 Å². The van der Waals surface area contributed by atoms with Crippen LogP contribution in [0.1, 0.15) is 17.0 Å². The van der Waals surface area contributed by atoms with E-state index < -0.39 is 0 Å². The highest BCUT2D eigenvalue weighted by Gasteiger charge is 2.18. The molecular formula is C19H15BrN2O2. The van der Waals surface area contributed by atoms with E-state index in [0.29, 0.717) is 11.5 Å². The fraction of sp³-hybridized carbons (Fsp3) is 0.158. The first-order valence-electron chi connectivity index (χ1n) is 7.33. The van der Waals surface area contributed by atoms with Gasteiger partial charge in [0, 0.05) is 22.1 Å². The molecule has 0 aliphatic rings. The third-order valence-corrected chi connectivity index (χ3v) is 4.45. The maximum atomic E-state index is 9.75. The second-order valence-electron chi connectivity index (χ2n) is 5.24. The quantitative estimate of drug-likeness (QED) is 0.657. The summed E-state index contributed by atoms with van der Waals surface area (Å²) in [6.07, 6.45) is 1.72. The third-order valence-electron chi connectivity index (χ3n) is 3.92. The van der Waals surface area contributed by atoms with Crippen molar-refractivity contribution in [1.82, 2.24) is 4.98 Å². The second-order valence-corrected chi connectivity index (χ2v) is 6.15. The van der Waals surface area contributed by atoms with Gasteiger partial charge in [-0.05, 0) is 35.4 Å².